The van der Waals surface area contributed by atoms with E-state index >= 15 is 0 Å². The van der Waals surface area contributed by atoms with E-state index in [4.69, 9.17) is 16.1 Å². The smallest absolute Gasteiger partial charge is 0.220 e. The third kappa shape index (κ3) is 4.04. The number of benzene rings is 1. The molecule has 0 aromatic heterocycles. The van der Waals surface area contributed by atoms with E-state index in [-0.39, 0.29) is 11.3 Å². The number of fused-ring (bicyclic) bond motifs is 1. The molecule has 6 heteroatoms. The van der Waals surface area contributed by atoms with Crippen molar-refractivity contribution < 1.29 is 9.32 Å². The molecule has 0 atom stereocenters. The standard InChI is InChI=1S/C15H17ClN2O3/c1-10-12-5-4-11(19)9-14(12)21-18-13(10)6-8-17-15(20)3-2-7-16/h4-5,9H,2-3,6-8H2,1H3,(H,17,20). The maximum atomic E-state index is 11.5. The molecule has 112 valence electrons. The van der Waals surface area contributed by atoms with Gasteiger partial charge in [-0.05, 0) is 31.0 Å². The van der Waals surface area contributed by atoms with Crippen LogP contribution in [0.2, 0.25) is 0 Å². The van der Waals surface area contributed by atoms with Gasteiger partial charge in [0, 0.05) is 36.9 Å². The molecule has 0 bridgehead atoms. The van der Waals surface area contributed by atoms with Gasteiger partial charge in [0.05, 0.1) is 5.69 Å². The van der Waals surface area contributed by atoms with Crippen molar-refractivity contribution in [1.82, 2.24) is 10.5 Å². The predicted octanol–water partition coefficient (Wildman–Crippen LogP) is 2.13. The lowest BCUT2D eigenvalue weighted by Gasteiger charge is -2.11. The van der Waals surface area contributed by atoms with E-state index in [1.54, 1.807) is 6.07 Å². The van der Waals surface area contributed by atoms with Gasteiger partial charge < -0.3 is 9.84 Å². The quantitative estimate of drug-likeness (QED) is 0.830. The fourth-order valence-corrected chi connectivity index (χ4v) is 2.22. The van der Waals surface area contributed by atoms with Crippen LogP contribution in [0.1, 0.15) is 24.1 Å². The van der Waals surface area contributed by atoms with Crippen LogP contribution < -0.4 is 10.7 Å². The molecule has 2 aliphatic rings. The van der Waals surface area contributed by atoms with Gasteiger partial charge >= 0.3 is 0 Å². The fraction of sp³-hybridized carbons (Fsp3) is 0.400. The van der Waals surface area contributed by atoms with Crippen molar-refractivity contribution in [3.8, 4) is 11.3 Å². The predicted molar refractivity (Wildman–Crippen MR) is 80.8 cm³/mol. The zero-order chi connectivity index (χ0) is 15.2. The highest BCUT2D eigenvalue weighted by molar-refractivity contribution is 6.17. The first kappa shape index (κ1) is 15.5. The molecule has 0 unspecified atom stereocenters. The molecule has 0 radical (unpaired) electrons. The lowest BCUT2D eigenvalue weighted by atomic mass is 10.0. The summed E-state index contributed by atoms with van der Waals surface area (Å²) in [6.07, 6.45) is 1.69. The number of hydrogen-bond donors (Lipinski definition) is 1. The first-order chi connectivity index (χ1) is 10.1. The topological polar surface area (TPSA) is 72.2 Å². The molecular weight excluding hydrogens is 292 g/mol. The van der Waals surface area contributed by atoms with Crippen LogP contribution in [0.3, 0.4) is 0 Å². The van der Waals surface area contributed by atoms with Crippen LogP contribution >= 0.6 is 11.6 Å². The number of nitrogens with one attached hydrogen (secondary N) is 1. The van der Waals surface area contributed by atoms with Crippen molar-refractivity contribution in [3.05, 3.63) is 39.7 Å². The van der Waals surface area contributed by atoms with Crippen LogP contribution in [0.5, 0.6) is 0 Å². The zero-order valence-corrected chi connectivity index (χ0v) is 12.6. The zero-order valence-electron chi connectivity index (χ0n) is 11.8. The van der Waals surface area contributed by atoms with Crippen LogP contribution in [0, 0.1) is 6.92 Å². The summed E-state index contributed by atoms with van der Waals surface area (Å²) in [7, 11) is 0. The minimum absolute atomic E-state index is 0.0120. The highest BCUT2D eigenvalue weighted by Gasteiger charge is 2.13. The Labute approximate surface area is 127 Å². The molecule has 1 aliphatic heterocycles. The van der Waals surface area contributed by atoms with Gasteiger partial charge in [-0.15, -0.1) is 11.6 Å². The average molecular weight is 309 g/mol. The van der Waals surface area contributed by atoms with E-state index in [2.05, 4.69) is 10.5 Å². The van der Waals surface area contributed by atoms with Crippen LogP contribution in [0.15, 0.2) is 27.5 Å². The van der Waals surface area contributed by atoms with Gasteiger partial charge in [-0.25, -0.2) is 0 Å². The second kappa shape index (κ2) is 7.22. The molecule has 2 rings (SSSR count). The van der Waals surface area contributed by atoms with Crippen molar-refractivity contribution in [1.29, 1.82) is 0 Å². The lowest BCUT2D eigenvalue weighted by molar-refractivity contribution is -0.121. The Morgan fingerprint density at radius 2 is 2.24 bits per heavy atom. The summed E-state index contributed by atoms with van der Waals surface area (Å²) in [6.45, 7) is 2.43. The first-order valence-corrected chi connectivity index (χ1v) is 7.37. The maximum Gasteiger partial charge on any atom is 0.220 e. The molecule has 1 heterocycles. The number of nitrogens with zero attached hydrogens (tertiary/aromatic N) is 1. The molecular formula is C15H17ClN2O3. The molecule has 0 saturated carbocycles. The first-order valence-electron chi connectivity index (χ1n) is 6.83. The normalized spacial score (nSPS) is 10.8. The molecule has 5 nitrogen and oxygen atoms in total. The Bertz CT molecular complexity index is 654. The number of carbonyl (C=O) groups excluding carboxylic acids is 1. The molecule has 21 heavy (non-hydrogen) atoms. The molecule has 1 aliphatic carbocycles. The molecule has 0 saturated heterocycles. The summed E-state index contributed by atoms with van der Waals surface area (Å²) in [5.41, 5.74) is 2.50. The fourth-order valence-electron chi connectivity index (χ4n) is 2.09. The Kier molecular flexibility index (Phi) is 5.33. The minimum Gasteiger partial charge on any atom is -0.356 e. The highest BCUT2D eigenvalue weighted by atomic mass is 35.5. The second-order valence-corrected chi connectivity index (χ2v) is 5.18. The Hall–Kier alpha value is -1.88. The maximum absolute atomic E-state index is 11.5. The largest absolute Gasteiger partial charge is 0.356 e. The van der Waals surface area contributed by atoms with E-state index in [9.17, 15) is 9.59 Å². The number of alkyl halides is 1. The number of rotatable bonds is 6. The van der Waals surface area contributed by atoms with Crippen LogP contribution in [-0.4, -0.2) is 23.5 Å². The van der Waals surface area contributed by atoms with E-state index < -0.39 is 0 Å². The average Bonchev–Trinajstić information content (AvgIpc) is 2.47. The summed E-state index contributed by atoms with van der Waals surface area (Å²) < 4.78 is 5.25. The Morgan fingerprint density at radius 1 is 1.43 bits per heavy atom. The van der Waals surface area contributed by atoms with E-state index in [1.807, 2.05) is 6.92 Å². The van der Waals surface area contributed by atoms with Crippen molar-refractivity contribution >= 4 is 17.5 Å². The number of amides is 1. The number of aromatic nitrogens is 1. The van der Waals surface area contributed by atoms with Crippen LogP contribution in [0.4, 0.5) is 0 Å². The third-order valence-electron chi connectivity index (χ3n) is 3.27. The summed E-state index contributed by atoms with van der Waals surface area (Å²) in [5.74, 6) is 0.955. The van der Waals surface area contributed by atoms with Crippen molar-refractivity contribution in [2.24, 2.45) is 0 Å². The molecule has 0 aromatic rings. The van der Waals surface area contributed by atoms with Crippen molar-refractivity contribution in [3.63, 3.8) is 0 Å². The van der Waals surface area contributed by atoms with Crippen LogP contribution in [-0.2, 0) is 11.2 Å². The van der Waals surface area contributed by atoms with E-state index in [0.29, 0.717) is 37.4 Å². The van der Waals surface area contributed by atoms with Gasteiger partial charge in [-0.3, -0.25) is 9.59 Å². The summed E-state index contributed by atoms with van der Waals surface area (Å²) >= 11 is 5.54. The summed E-state index contributed by atoms with van der Waals surface area (Å²) in [6, 6.07) is 4.66. The van der Waals surface area contributed by atoms with Crippen molar-refractivity contribution in [2.75, 3.05) is 12.4 Å². The van der Waals surface area contributed by atoms with E-state index in [1.165, 1.54) is 12.1 Å². The number of halogens is 1. The number of hydrogen-bond acceptors (Lipinski definition) is 4. The van der Waals surface area contributed by atoms with E-state index in [0.717, 1.165) is 16.8 Å². The van der Waals surface area contributed by atoms with Gasteiger partial charge in [0.1, 0.15) is 0 Å². The second-order valence-electron chi connectivity index (χ2n) is 4.80. The molecule has 0 spiro atoms. The van der Waals surface area contributed by atoms with Gasteiger partial charge in [-0.2, -0.15) is 0 Å². The molecule has 0 fully saturated rings. The highest BCUT2D eigenvalue weighted by Crippen LogP contribution is 2.24. The molecule has 1 amide bonds. The summed E-state index contributed by atoms with van der Waals surface area (Å²) in [4.78, 5) is 22.7. The number of carbonyl (C=O) groups is 1. The SMILES string of the molecule is Cc1c2ccc(=O)cc-2onc1CCNC(=O)CCCCl. The van der Waals surface area contributed by atoms with Gasteiger partial charge in [-0.1, -0.05) is 5.16 Å². The molecule has 1 N–H and O–H groups in total. The van der Waals surface area contributed by atoms with Gasteiger partial charge in [0.15, 0.2) is 11.2 Å². The Morgan fingerprint density at radius 3 is 3.00 bits per heavy atom. The van der Waals surface area contributed by atoms with Crippen LogP contribution in [0.25, 0.3) is 11.3 Å². The van der Waals surface area contributed by atoms with Gasteiger partial charge in [0.2, 0.25) is 5.91 Å². The van der Waals surface area contributed by atoms with Gasteiger partial charge in [0.25, 0.3) is 0 Å². The third-order valence-corrected chi connectivity index (χ3v) is 3.53. The molecule has 0 aromatic carbocycles. The summed E-state index contributed by atoms with van der Waals surface area (Å²) in [5, 5.41) is 6.84. The minimum atomic E-state index is -0.105. The lowest BCUT2D eigenvalue weighted by Crippen LogP contribution is -2.26. The van der Waals surface area contributed by atoms with Crippen molar-refractivity contribution in [2.45, 2.75) is 26.2 Å². The monoisotopic (exact) mass is 308 g/mol. The Balaban J connectivity index is 2.02.